The van der Waals surface area contributed by atoms with Crippen molar-refractivity contribution in [2.75, 3.05) is 31.9 Å². The summed E-state index contributed by atoms with van der Waals surface area (Å²) < 4.78 is 13.7. The van der Waals surface area contributed by atoms with Gasteiger partial charge in [0, 0.05) is 31.4 Å². The number of halogens is 1. The molecule has 2 saturated heterocycles. The van der Waals surface area contributed by atoms with Crippen LogP contribution in [0.1, 0.15) is 23.2 Å². The summed E-state index contributed by atoms with van der Waals surface area (Å²) >= 11 is 0. The second kappa shape index (κ2) is 4.81. The van der Waals surface area contributed by atoms with Gasteiger partial charge in [-0.05, 0) is 37.6 Å². The monoisotopic (exact) mass is 263 g/mol. The number of carbonyl (C=O) groups excluding carboxylic acids is 1. The Morgan fingerprint density at radius 2 is 2.16 bits per heavy atom. The van der Waals surface area contributed by atoms with E-state index in [0.717, 1.165) is 19.5 Å². The molecule has 2 N–H and O–H groups in total. The van der Waals surface area contributed by atoms with Crippen molar-refractivity contribution in [1.82, 2.24) is 9.80 Å². The van der Waals surface area contributed by atoms with Crippen molar-refractivity contribution in [2.45, 2.75) is 18.9 Å². The van der Waals surface area contributed by atoms with E-state index in [9.17, 15) is 9.18 Å². The highest BCUT2D eigenvalue weighted by atomic mass is 19.1. The summed E-state index contributed by atoms with van der Waals surface area (Å²) in [6, 6.07) is 4.61. The zero-order chi connectivity index (χ0) is 13.4. The number of hydrogen-bond donors (Lipinski definition) is 1. The number of rotatable bonds is 1. The van der Waals surface area contributed by atoms with Gasteiger partial charge >= 0.3 is 0 Å². The molecular formula is C14H18FN3O. The third-order valence-electron chi connectivity index (χ3n) is 4.10. The third kappa shape index (κ3) is 2.30. The molecule has 5 heteroatoms. The minimum Gasteiger partial charge on any atom is -0.399 e. The molecule has 3 rings (SSSR count). The lowest BCUT2D eigenvalue weighted by molar-refractivity contribution is 0.0567. The summed E-state index contributed by atoms with van der Waals surface area (Å²) in [5.41, 5.74) is 6.14. The normalized spacial score (nSPS) is 23.4. The number of benzene rings is 1. The van der Waals surface area contributed by atoms with E-state index in [0.29, 0.717) is 24.8 Å². The highest BCUT2D eigenvalue weighted by Crippen LogP contribution is 2.23. The van der Waals surface area contributed by atoms with Crippen LogP contribution in [0.25, 0.3) is 0 Å². The summed E-state index contributed by atoms with van der Waals surface area (Å²) in [5, 5.41) is 0. The molecule has 0 saturated carbocycles. The van der Waals surface area contributed by atoms with Crippen LogP contribution < -0.4 is 5.73 Å². The van der Waals surface area contributed by atoms with Crippen LogP contribution in [0.15, 0.2) is 18.2 Å². The van der Waals surface area contributed by atoms with Gasteiger partial charge in [-0.2, -0.15) is 0 Å². The van der Waals surface area contributed by atoms with Gasteiger partial charge in [0.05, 0.1) is 5.56 Å². The molecule has 4 nitrogen and oxygen atoms in total. The predicted octanol–water partition coefficient (Wildman–Crippen LogP) is 1.33. The summed E-state index contributed by atoms with van der Waals surface area (Å²) in [6.07, 6.45) is 2.32. The van der Waals surface area contributed by atoms with Crippen LogP contribution >= 0.6 is 0 Å². The molecule has 0 bridgehead atoms. The third-order valence-corrected chi connectivity index (χ3v) is 4.10. The van der Waals surface area contributed by atoms with Gasteiger partial charge in [-0.15, -0.1) is 0 Å². The fourth-order valence-corrected chi connectivity index (χ4v) is 3.05. The lowest BCUT2D eigenvalue weighted by atomic mass is 10.1. The zero-order valence-electron chi connectivity index (χ0n) is 10.8. The van der Waals surface area contributed by atoms with Gasteiger partial charge in [-0.1, -0.05) is 0 Å². The van der Waals surface area contributed by atoms with Crippen molar-refractivity contribution in [1.29, 1.82) is 0 Å². The first-order chi connectivity index (χ1) is 9.15. The average Bonchev–Trinajstić information content (AvgIpc) is 2.88. The zero-order valence-corrected chi connectivity index (χ0v) is 10.8. The van der Waals surface area contributed by atoms with Crippen molar-refractivity contribution in [3.63, 3.8) is 0 Å². The van der Waals surface area contributed by atoms with Crippen molar-refractivity contribution in [2.24, 2.45) is 0 Å². The van der Waals surface area contributed by atoms with E-state index in [4.69, 9.17) is 5.73 Å². The maximum atomic E-state index is 13.7. The molecular weight excluding hydrogens is 245 g/mol. The topological polar surface area (TPSA) is 49.6 Å². The Bertz CT molecular complexity index is 505. The lowest BCUT2D eigenvalue weighted by Crippen LogP contribution is -2.52. The quantitative estimate of drug-likeness (QED) is 0.778. The fraction of sp³-hybridized carbons (Fsp3) is 0.500. The molecule has 2 aliphatic rings. The standard InChI is InChI=1S/C14H18FN3O/c15-13-4-3-10(16)8-12(13)14(19)18-7-6-17-5-1-2-11(17)9-18/h3-4,8,11H,1-2,5-7,9,16H2. The van der Waals surface area contributed by atoms with E-state index < -0.39 is 5.82 Å². The first kappa shape index (κ1) is 12.4. The maximum absolute atomic E-state index is 13.7. The molecule has 0 spiro atoms. The van der Waals surface area contributed by atoms with E-state index >= 15 is 0 Å². The molecule has 19 heavy (non-hydrogen) atoms. The molecule has 1 aromatic rings. The van der Waals surface area contributed by atoms with Gasteiger partial charge in [-0.25, -0.2) is 4.39 Å². The fourth-order valence-electron chi connectivity index (χ4n) is 3.05. The number of piperazine rings is 1. The molecule has 2 heterocycles. The summed E-state index contributed by atoms with van der Waals surface area (Å²) in [6.45, 7) is 3.39. The van der Waals surface area contributed by atoms with Gasteiger partial charge in [0.2, 0.25) is 0 Å². The Hall–Kier alpha value is -1.62. The number of fused-ring (bicyclic) bond motifs is 1. The first-order valence-corrected chi connectivity index (χ1v) is 6.73. The molecule has 2 aliphatic heterocycles. The minimum atomic E-state index is -0.493. The number of anilines is 1. The van der Waals surface area contributed by atoms with Gasteiger partial charge < -0.3 is 10.6 Å². The van der Waals surface area contributed by atoms with Crippen LogP contribution in [0.2, 0.25) is 0 Å². The van der Waals surface area contributed by atoms with Gasteiger partial charge in [-0.3, -0.25) is 9.69 Å². The van der Waals surface area contributed by atoms with Crippen LogP contribution in [0.4, 0.5) is 10.1 Å². The van der Waals surface area contributed by atoms with E-state index in [1.165, 1.54) is 24.6 Å². The largest absolute Gasteiger partial charge is 0.399 e. The lowest BCUT2D eigenvalue weighted by Gasteiger charge is -2.37. The summed E-state index contributed by atoms with van der Waals surface area (Å²) in [7, 11) is 0. The van der Waals surface area contributed by atoms with Gasteiger partial charge in [0.15, 0.2) is 0 Å². The molecule has 0 aliphatic carbocycles. The number of hydrogen-bond acceptors (Lipinski definition) is 3. The maximum Gasteiger partial charge on any atom is 0.257 e. The van der Waals surface area contributed by atoms with Crippen molar-refractivity contribution < 1.29 is 9.18 Å². The number of nitrogen functional groups attached to an aromatic ring is 1. The van der Waals surface area contributed by atoms with Crippen LogP contribution in [0, 0.1) is 5.82 Å². The Balaban J connectivity index is 1.78. The molecule has 0 radical (unpaired) electrons. The Kier molecular flexibility index (Phi) is 3.14. The van der Waals surface area contributed by atoms with E-state index in [1.807, 2.05) is 0 Å². The van der Waals surface area contributed by atoms with Crippen LogP contribution in [0.3, 0.4) is 0 Å². The predicted molar refractivity (Wildman–Crippen MR) is 71.3 cm³/mol. The summed E-state index contributed by atoms with van der Waals surface area (Å²) in [4.78, 5) is 16.5. The van der Waals surface area contributed by atoms with Crippen molar-refractivity contribution in [3.05, 3.63) is 29.6 Å². The number of nitrogens with two attached hydrogens (primary N) is 1. The molecule has 2 fully saturated rings. The molecule has 1 aromatic carbocycles. The van der Waals surface area contributed by atoms with Crippen LogP contribution in [0.5, 0.6) is 0 Å². The Morgan fingerprint density at radius 1 is 1.32 bits per heavy atom. The SMILES string of the molecule is Nc1ccc(F)c(C(=O)N2CCN3CCCC3C2)c1. The Labute approximate surface area is 112 Å². The smallest absolute Gasteiger partial charge is 0.257 e. The minimum absolute atomic E-state index is 0.0893. The second-order valence-corrected chi connectivity index (χ2v) is 5.32. The Morgan fingerprint density at radius 3 is 3.00 bits per heavy atom. The van der Waals surface area contributed by atoms with Crippen molar-refractivity contribution in [3.8, 4) is 0 Å². The van der Waals surface area contributed by atoms with E-state index in [-0.39, 0.29) is 11.5 Å². The summed E-state index contributed by atoms with van der Waals surface area (Å²) in [5.74, 6) is -0.732. The van der Waals surface area contributed by atoms with Gasteiger partial charge in [0.25, 0.3) is 5.91 Å². The second-order valence-electron chi connectivity index (χ2n) is 5.32. The first-order valence-electron chi connectivity index (χ1n) is 6.73. The van der Waals surface area contributed by atoms with Crippen LogP contribution in [-0.4, -0.2) is 47.9 Å². The average molecular weight is 263 g/mol. The number of nitrogens with zero attached hydrogens (tertiary/aromatic N) is 2. The molecule has 1 atom stereocenters. The highest BCUT2D eigenvalue weighted by Gasteiger charge is 2.33. The molecule has 1 unspecified atom stereocenters. The van der Waals surface area contributed by atoms with E-state index in [2.05, 4.69) is 4.90 Å². The van der Waals surface area contributed by atoms with E-state index in [1.54, 1.807) is 4.90 Å². The van der Waals surface area contributed by atoms with Crippen molar-refractivity contribution >= 4 is 11.6 Å². The number of carbonyl (C=O) groups is 1. The molecule has 1 amide bonds. The van der Waals surface area contributed by atoms with Crippen LogP contribution in [-0.2, 0) is 0 Å². The molecule has 102 valence electrons. The highest BCUT2D eigenvalue weighted by molar-refractivity contribution is 5.95. The van der Waals surface area contributed by atoms with Gasteiger partial charge in [0.1, 0.15) is 5.82 Å². The number of amides is 1. The molecule has 0 aromatic heterocycles.